The van der Waals surface area contributed by atoms with Gasteiger partial charge < -0.3 is 16.1 Å². The summed E-state index contributed by atoms with van der Waals surface area (Å²) in [5.74, 6) is -0.122. The van der Waals surface area contributed by atoms with E-state index in [1.165, 1.54) is 29.5 Å². The molecule has 3 rings (SSSR count). The normalized spacial score (nSPS) is 14.5. The molecule has 1 saturated carbocycles. The third-order valence-corrected chi connectivity index (χ3v) is 4.10. The molecule has 140 valence electrons. The maximum absolute atomic E-state index is 12.5. The Bertz CT molecular complexity index is 785. The first kappa shape index (κ1) is 17.9. The number of carbonyl (C=O) groups is 1. The molecule has 2 heterocycles. The van der Waals surface area contributed by atoms with Crippen molar-refractivity contribution in [3.8, 4) is 5.82 Å². The second kappa shape index (κ2) is 7.95. The predicted octanol–water partition coefficient (Wildman–Crippen LogP) is 0.377. The zero-order valence-electron chi connectivity index (χ0n) is 14.9. The number of hydrogen-bond acceptors (Lipinski definition) is 9. The van der Waals surface area contributed by atoms with Crippen LogP contribution in [-0.2, 0) is 6.54 Å². The van der Waals surface area contributed by atoms with Gasteiger partial charge in [0.1, 0.15) is 0 Å². The number of nitrogens with zero attached hydrogens (tertiary/aromatic N) is 6. The van der Waals surface area contributed by atoms with E-state index >= 15 is 0 Å². The minimum Gasteiger partial charge on any atom is -0.378 e. The van der Waals surface area contributed by atoms with Crippen molar-refractivity contribution in [2.24, 2.45) is 0 Å². The van der Waals surface area contributed by atoms with E-state index < -0.39 is 5.91 Å². The van der Waals surface area contributed by atoms with Crippen LogP contribution in [0.2, 0.25) is 0 Å². The molecule has 26 heavy (non-hydrogen) atoms. The Balaban J connectivity index is 1.76. The van der Waals surface area contributed by atoms with Crippen LogP contribution >= 0.6 is 0 Å². The zero-order valence-corrected chi connectivity index (χ0v) is 14.9. The summed E-state index contributed by atoms with van der Waals surface area (Å²) in [5, 5.41) is 15.2. The second-order valence-electron chi connectivity index (χ2n) is 6.47. The Kier molecular flexibility index (Phi) is 5.46. The van der Waals surface area contributed by atoms with E-state index in [0.29, 0.717) is 12.2 Å². The standard InChI is InChI=1S/C15H23N9O2/c1-23(2)9-11-12(18-22-24(11)14-13(16)20-26-21-14)15(25)19-17-8-10-6-4-3-5-7-10/h8,17H,3-7,9H2,1-2H3,(H2,16,20)(H,19,25). The van der Waals surface area contributed by atoms with Gasteiger partial charge >= 0.3 is 0 Å². The molecule has 0 aromatic carbocycles. The van der Waals surface area contributed by atoms with Gasteiger partial charge in [0.25, 0.3) is 5.91 Å². The highest BCUT2D eigenvalue weighted by atomic mass is 16.6. The number of carbonyl (C=O) groups excluding carboxylic acids is 1. The Hall–Kier alpha value is -2.95. The van der Waals surface area contributed by atoms with Gasteiger partial charge in [-0.1, -0.05) is 17.2 Å². The van der Waals surface area contributed by atoms with Crippen molar-refractivity contribution in [1.82, 2.24) is 41.1 Å². The molecule has 2 aromatic rings. The van der Waals surface area contributed by atoms with Gasteiger partial charge in [-0.05, 0) is 50.1 Å². The van der Waals surface area contributed by atoms with Crippen LogP contribution in [0.5, 0.6) is 0 Å². The first-order valence-electron chi connectivity index (χ1n) is 8.47. The van der Waals surface area contributed by atoms with Crippen molar-refractivity contribution in [3.63, 3.8) is 0 Å². The topological polar surface area (TPSA) is 140 Å². The second-order valence-corrected chi connectivity index (χ2v) is 6.47. The zero-order chi connectivity index (χ0) is 18.5. The third kappa shape index (κ3) is 3.99. The lowest BCUT2D eigenvalue weighted by Gasteiger charge is -2.14. The highest BCUT2D eigenvalue weighted by Gasteiger charge is 2.24. The van der Waals surface area contributed by atoms with Gasteiger partial charge in [0.2, 0.25) is 11.6 Å². The van der Waals surface area contributed by atoms with Crippen LogP contribution in [0.1, 0.15) is 48.3 Å². The highest BCUT2D eigenvalue weighted by molar-refractivity contribution is 5.93. The minimum atomic E-state index is -0.393. The molecular formula is C15H23N9O2. The van der Waals surface area contributed by atoms with Gasteiger partial charge in [-0.25, -0.2) is 4.63 Å². The number of amides is 1. The van der Waals surface area contributed by atoms with E-state index in [1.54, 1.807) is 0 Å². The monoisotopic (exact) mass is 361 g/mol. The minimum absolute atomic E-state index is 0.0713. The molecule has 0 aliphatic heterocycles. The maximum Gasteiger partial charge on any atom is 0.292 e. The van der Waals surface area contributed by atoms with Crippen LogP contribution in [-0.4, -0.2) is 50.2 Å². The summed E-state index contributed by atoms with van der Waals surface area (Å²) in [6, 6.07) is 0. The lowest BCUT2D eigenvalue weighted by molar-refractivity contribution is 0.0934. The molecule has 0 bridgehead atoms. The number of rotatable bonds is 6. The van der Waals surface area contributed by atoms with E-state index in [2.05, 4.69) is 36.1 Å². The smallest absolute Gasteiger partial charge is 0.292 e. The first-order valence-corrected chi connectivity index (χ1v) is 8.47. The Morgan fingerprint density at radius 3 is 2.73 bits per heavy atom. The largest absolute Gasteiger partial charge is 0.378 e. The molecule has 0 spiro atoms. The summed E-state index contributed by atoms with van der Waals surface area (Å²) in [5.41, 5.74) is 13.2. The summed E-state index contributed by atoms with van der Waals surface area (Å²) in [6.45, 7) is 0.406. The molecule has 1 fully saturated rings. The van der Waals surface area contributed by atoms with Gasteiger partial charge in [0, 0.05) is 12.7 Å². The molecule has 1 aliphatic rings. The number of hydrazine groups is 1. The Morgan fingerprint density at radius 1 is 1.31 bits per heavy atom. The fourth-order valence-electron chi connectivity index (χ4n) is 2.84. The van der Waals surface area contributed by atoms with Gasteiger partial charge in [-0.3, -0.25) is 10.2 Å². The molecule has 4 N–H and O–H groups in total. The molecule has 0 radical (unpaired) electrons. The van der Waals surface area contributed by atoms with Crippen molar-refractivity contribution in [2.45, 2.75) is 38.6 Å². The molecule has 0 atom stereocenters. The average molecular weight is 361 g/mol. The van der Waals surface area contributed by atoms with Crippen molar-refractivity contribution in [3.05, 3.63) is 23.2 Å². The SMILES string of the molecule is CN(C)Cc1c(C(=O)NNC=C2CCCCC2)nnn1-c1nonc1N. The highest BCUT2D eigenvalue weighted by Crippen LogP contribution is 2.21. The summed E-state index contributed by atoms with van der Waals surface area (Å²) >= 11 is 0. The molecule has 1 aliphatic carbocycles. The van der Waals surface area contributed by atoms with Gasteiger partial charge in [-0.15, -0.1) is 5.10 Å². The summed E-state index contributed by atoms with van der Waals surface area (Å²) < 4.78 is 5.98. The van der Waals surface area contributed by atoms with E-state index in [-0.39, 0.29) is 17.3 Å². The van der Waals surface area contributed by atoms with Crippen molar-refractivity contribution >= 4 is 11.7 Å². The number of anilines is 1. The van der Waals surface area contributed by atoms with E-state index in [0.717, 1.165) is 12.8 Å². The quantitative estimate of drug-likeness (QED) is 0.623. The van der Waals surface area contributed by atoms with Gasteiger partial charge in [0.05, 0.1) is 5.69 Å². The van der Waals surface area contributed by atoms with Crippen LogP contribution in [0.15, 0.2) is 16.4 Å². The Morgan fingerprint density at radius 2 is 2.08 bits per heavy atom. The molecular weight excluding hydrogens is 338 g/mol. The van der Waals surface area contributed by atoms with E-state index in [4.69, 9.17) is 5.73 Å². The lowest BCUT2D eigenvalue weighted by Crippen LogP contribution is -2.35. The molecule has 11 nitrogen and oxygen atoms in total. The van der Waals surface area contributed by atoms with E-state index in [1.807, 2.05) is 25.2 Å². The summed E-state index contributed by atoms with van der Waals surface area (Å²) in [4.78, 5) is 14.4. The molecule has 1 amide bonds. The van der Waals surface area contributed by atoms with Crippen molar-refractivity contribution < 1.29 is 9.42 Å². The number of nitrogens with two attached hydrogens (primary N) is 1. The number of allylic oxidation sites excluding steroid dienone is 1. The Labute approximate surface area is 150 Å². The van der Waals surface area contributed by atoms with Crippen LogP contribution in [0.3, 0.4) is 0 Å². The molecule has 0 saturated heterocycles. The van der Waals surface area contributed by atoms with Crippen LogP contribution in [0.4, 0.5) is 5.82 Å². The van der Waals surface area contributed by atoms with Crippen LogP contribution < -0.4 is 16.6 Å². The number of hydrogen-bond donors (Lipinski definition) is 3. The third-order valence-electron chi connectivity index (χ3n) is 4.10. The van der Waals surface area contributed by atoms with Crippen molar-refractivity contribution in [1.29, 1.82) is 0 Å². The van der Waals surface area contributed by atoms with E-state index in [9.17, 15) is 4.79 Å². The van der Waals surface area contributed by atoms with Crippen LogP contribution in [0.25, 0.3) is 5.82 Å². The predicted molar refractivity (Wildman–Crippen MR) is 92.8 cm³/mol. The summed E-state index contributed by atoms with van der Waals surface area (Å²) in [6.07, 6.45) is 7.62. The van der Waals surface area contributed by atoms with Crippen molar-refractivity contribution in [2.75, 3.05) is 19.8 Å². The average Bonchev–Trinajstić information content (AvgIpc) is 3.21. The molecule has 2 aromatic heterocycles. The number of nitrogens with one attached hydrogen (secondary N) is 2. The maximum atomic E-state index is 12.5. The lowest BCUT2D eigenvalue weighted by atomic mass is 9.96. The first-order chi connectivity index (χ1) is 12.6. The van der Waals surface area contributed by atoms with Gasteiger partial charge in [-0.2, -0.15) is 4.68 Å². The number of nitrogen functional groups attached to an aromatic ring is 1. The fourth-order valence-corrected chi connectivity index (χ4v) is 2.84. The van der Waals surface area contributed by atoms with Gasteiger partial charge in [0.15, 0.2) is 5.69 Å². The molecule has 11 heteroatoms. The molecule has 0 unspecified atom stereocenters. The summed E-state index contributed by atoms with van der Waals surface area (Å²) in [7, 11) is 3.74. The number of aromatic nitrogens is 5. The fraction of sp³-hybridized carbons (Fsp3) is 0.533. The van der Waals surface area contributed by atoms with Crippen LogP contribution in [0, 0.1) is 0 Å².